The first-order valence-electron chi connectivity index (χ1n) is 9.50. The number of carbonyl (C=O) groups is 2. The quantitative estimate of drug-likeness (QED) is 0.354. The van der Waals surface area contributed by atoms with Crippen LogP contribution in [0, 0.1) is 13.8 Å². The molecule has 0 bridgehead atoms. The normalized spacial score (nSPS) is 11.0. The molecule has 0 fully saturated rings. The van der Waals surface area contributed by atoms with E-state index in [2.05, 4.69) is 4.57 Å². The Kier molecular flexibility index (Phi) is 6.34. The highest BCUT2D eigenvalue weighted by Crippen LogP contribution is 2.29. The Morgan fingerprint density at radius 2 is 1.83 bits per heavy atom. The molecule has 1 N–H and O–H groups in total. The smallest absolute Gasteiger partial charge is 0.342 e. The number of carbonyl (C=O) groups excluding carboxylic acids is 2. The van der Waals surface area contributed by atoms with Crippen LogP contribution >= 0.6 is 0 Å². The fourth-order valence-electron chi connectivity index (χ4n) is 3.50. The second-order valence-corrected chi connectivity index (χ2v) is 6.96. The summed E-state index contributed by atoms with van der Waals surface area (Å²) >= 11 is 0. The summed E-state index contributed by atoms with van der Waals surface area (Å²) in [4.78, 5) is 25.0. The molecule has 3 aromatic rings. The van der Waals surface area contributed by atoms with Gasteiger partial charge in [0, 0.05) is 42.6 Å². The van der Waals surface area contributed by atoms with Crippen LogP contribution in [0.25, 0.3) is 10.8 Å². The molecule has 0 radical (unpaired) electrons. The lowest BCUT2D eigenvalue weighted by Crippen LogP contribution is -2.15. The zero-order valence-electron chi connectivity index (χ0n) is 16.9. The number of fused-ring (bicyclic) bond motifs is 1. The summed E-state index contributed by atoms with van der Waals surface area (Å²) in [6, 6.07) is 12.3. The average Bonchev–Trinajstić information content (AvgIpc) is 3.00. The number of benzene rings is 2. The molecule has 3 rings (SSSR count). The van der Waals surface area contributed by atoms with Crippen LogP contribution in [0.15, 0.2) is 42.5 Å². The predicted molar refractivity (Wildman–Crippen MR) is 111 cm³/mol. The predicted octanol–water partition coefficient (Wildman–Crippen LogP) is 4.04. The molecular weight excluding hydrogens is 370 g/mol. The summed E-state index contributed by atoms with van der Waals surface area (Å²) in [5, 5.41) is 11.8. The van der Waals surface area contributed by atoms with Crippen LogP contribution in [0.3, 0.4) is 0 Å². The summed E-state index contributed by atoms with van der Waals surface area (Å²) in [5.74, 6) is -1.14. The van der Waals surface area contributed by atoms with Gasteiger partial charge < -0.3 is 19.1 Å². The van der Waals surface area contributed by atoms with Gasteiger partial charge in [0.15, 0.2) is 6.61 Å². The van der Waals surface area contributed by atoms with Crippen molar-refractivity contribution < 1.29 is 24.2 Å². The van der Waals surface area contributed by atoms with Gasteiger partial charge in [0.05, 0.1) is 0 Å². The molecular formula is C23H25NO5. The number of ether oxygens (including phenoxy) is 2. The molecule has 0 spiro atoms. The lowest BCUT2D eigenvalue weighted by Gasteiger charge is -2.10. The number of aryl methyl sites for hydroxylation is 1. The van der Waals surface area contributed by atoms with Gasteiger partial charge in [-0.3, -0.25) is 4.79 Å². The maximum Gasteiger partial charge on any atom is 0.342 e. The van der Waals surface area contributed by atoms with Gasteiger partial charge in [0.25, 0.3) is 0 Å². The maximum absolute atomic E-state index is 12.6. The van der Waals surface area contributed by atoms with Crippen molar-refractivity contribution in [2.24, 2.45) is 0 Å². The number of Topliss-reactive ketones (excluding diaryl/α,β-unsaturated/α-hetero) is 1. The Labute approximate surface area is 169 Å². The van der Waals surface area contributed by atoms with E-state index in [9.17, 15) is 14.7 Å². The molecule has 0 amide bonds. The lowest BCUT2D eigenvalue weighted by molar-refractivity contribution is 0.0472. The molecule has 6 heteroatoms. The Morgan fingerprint density at radius 3 is 2.59 bits per heavy atom. The molecule has 0 saturated heterocycles. The van der Waals surface area contributed by atoms with Crippen LogP contribution in [-0.4, -0.2) is 41.7 Å². The summed E-state index contributed by atoms with van der Waals surface area (Å²) in [6.45, 7) is 4.84. The summed E-state index contributed by atoms with van der Waals surface area (Å²) in [5.41, 5.74) is 2.39. The van der Waals surface area contributed by atoms with E-state index in [1.807, 2.05) is 32.0 Å². The fraction of sp³-hybridized carbons (Fsp3) is 0.304. The van der Waals surface area contributed by atoms with E-state index in [1.165, 1.54) is 6.07 Å². The molecule has 2 aromatic carbocycles. The highest BCUT2D eigenvalue weighted by molar-refractivity contribution is 6.03. The molecule has 0 aliphatic rings. The minimum Gasteiger partial charge on any atom is -0.506 e. The van der Waals surface area contributed by atoms with E-state index < -0.39 is 5.97 Å². The summed E-state index contributed by atoms with van der Waals surface area (Å²) in [6.07, 6.45) is 0.844. The molecule has 0 atom stereocenters. The van der Waals surface area contributed by atoms with Crippen molar-refractivity contribution in [2.45, 2.75) is 26.8 Å². The number of hydrogen-bond acceptors (Lipinski definition) is 5. The molecule has 0 aliphatic carbocycles. The van der Waals surface area contributed by atoms with Gasteiger partial charge in [-0.2, -0.15) is 0 Å². The molecule has 0 aliphatic heterocycles. The van der Waals surface area contributed by atoms with E-state index in [-0.39, 0.29) is 23.7 Å². The van der Waals surface area contributed by atoms with Gasteiger partial charge in [-0.25, -0.2) is 4.79 Å². The van der Waals surface area contributed by atoms with E-state index in [0.29, 0.717) is 17.6 Å². The molecule has 1 aromatic heterocycles. The first-order chi connectivity index (χ1) is 13.9. The number of esters is 1. The molecule has 1 heterocycles. The molecule has 6 nitrogen and oxygen atoms in total. The SMILES string of the molecule is COCCCn1c(C)cc(C(=O)COC(=O)c2ccc3ccccc3c2O)c1C. The van der Waals surface area contributed by atoms with Crippen LogP contribution in [-0.2, 0) is 16.0 Å². The molecule has 0 unspecified atom stereocenters. The number of ketones is 1. The number of methoxy groups -OCH3 is 1. The maximum atomic E-state index is 12.6. The Balaban J connectivity index is 1.70. The molecule has 29 heavy (non-hydrogen) atoms. The third-order valence-electron chi connectivity index (χ3n) is 5.06. The number of phenolic OH excluding ortho intramolecular Hbond substituents is 1. The average molecular weight is 395 g/mol. The van der Waals surface area contributed by atoms with Crippen LogP contribution in [0.4, 0.5) is 0 Å². The van der Waals surface area contributed by atoms with E-state index in [1.54, 1.807) is 25.3 Å². The zero-order valence-corrected chi connectivity index (χ0v) is 16.9. The standard InChI is InChI=1S/C23H25NO5/c1-15-13-20(16(2)24(15)11-6-12-28-3)21(25)14-29-23(27)19-10-9-17-7-4-5-8-18(17)22(19)26/h4-5,7-10,13,26H,6,11-12,14H2,1-3H3. The topological polar surface area (TPSA) is 77.8 Å². The van der Waals surface area contributed by atoms with Gasteiger partial charge in [0.1, 0.15) is 11.3 Å². The highest BCUT2D eigenvalue weighted by atomic mass is 16.5. The number of hydrogen-bond donors (Lipinski definition) is 1. The van der Waals surface area contributed by atoms with Crippen molar-refractivity contribution in [3.8, 4) is 5.75 Å². The van der Waals surface area contributed by atoms with Gasteiger partial charge in [-0.1, -0.05) is 30.3 Å². The van der Waals surface area contributed by atoms with Crippen molar-refractivity contribution in [2.75, 3.05) is 20.3 Å². The lowest BCUT2D eigenvalue weighted by atomic mass is 10.1. The zero-order chi connectivity index (χ0) is 21.0. The van der Waals surface area contributed by atoms with E-state index in [4.69, 9.17) is 9.47 Å². The first kappa shape index (κ1) is 20.6. The first-order valence-corrected chi connectivity index (χ1v) is 9.50. The number of phenols is 1. The monoisotopic (exact) mass is 395 g/mol. The summed E-state index contributed by atoms with van der Waals surface area (Å²) < 4.78 is 12.3. The third kappa shape index (κ3) is 4.32. The fourth-order valence-corrected chi connectivity index (χ4v) is 3.50. The van der Waals surface area contributed by atoms with Gasteiger partial charge in [-0.15, -0.1) is 0 Å². The van der Waals surface area contributed by atoms with Gasteiger partial charge in [-0.05, 0) is 37.8 Å². The van der Waals surface area contributed by atoms with Crippen molar-refractivity contribution in [3.05, 3.63) is 65.0 Å². The molecule has 0 saturated carbocycles. The molecule has 152 valence electrons. The minimum atomic E-state index is -0.726. The van der Waals surface area contributed by atoms with Gasteiger partial charge in [0.2, 0.25) is 5.78 Å². The van der Waals surface area contributed by atoms with Crippen LogP contribution in [0.2, 0.25) is 0 Å². The summed E-state index contributed by atoms with van der Waals surface area (Å²) in [7, 11) is 1.66. The highest BCUT2D eigenvalue weighted by Gasteiger charge is 2.20. The number of aromatic nitrogens is 1. The van der Waals surface area contributed by atoms with Crippen molar-refractivity contribution in [1.82, 2.24) is 4.57 Å². The van der Waals surface area contributed by atoms with E-state index in [0.717, 1.165) is 29.7 Å². The number of nitrogens with zero attached hydrogens (tertiary/aromatic N) is 1. The van der Waals surface area contributed by atoms with Crippen molar-refractivity contribution in [3.63, 3.8) is 0 Å². The Hall–Kier alpha value is -3.12. The van der Waals surface area contributed by atoms with Gasteiger partial charge >= 0.3 is 5.97 Å². The van der Waals surface area contributed by atoms with Crippen LogP contribution in [0.5, 0.6) is 5.75 Å². The number of aromatic hydroxyl groups is 1. The Morgan fingerprint density at radius 1 is 1.07 bits per heavy atom. The third-order valence-corrected chi connectivity index (χ3v) is 5.06. The van der Waals surface area contributed by atoms with Crippen LogP contribution in [0.1, 0.15) is 38.5 Å². The van der Waals surface area contributed by atoms with Crippen molar-refractivity contribution in [1.29, 1.82) is 0 Å². The minimum absolute atomic E-state index is 0.0431. The van der Waals surface area contributed by atoms with Crippen molar-refractivity contribution >= 4 is 22.5 Å². The van der Waals surface area contributed by atoms with E-state index >= 15 is 0 Å². The number of rotatable bonds is 8. The largest absolute Gasteiger partial charge is 0.506 e. The Bertz CT molecular complexity index is 1050. The second kappa shape index (κ2) is 8.92. The second-order valence-electron chi connectivity index (χ2n) is 6.96. The van der Waals surface area contributed by atoms with Crippen LogP contribution < -0.4 is 0 Å².